The van der Waals surface area contributed by atoms with Crippen molar-refractivity contribution in [2.45, 2.75) is 6.54 Å². The van der Waals surface area contributed by atoms with E-state index in [9.17, 15) is 9.59 Å². The lowest BCUT2D eigenvalue weighted by atomic mass is 10.2. The highest BCUT2D eigenvalue weighted by atomic mass is 35.5. The molecular formula is C10H8ClN3O2. The molecular weight excluding hydrogens is 230 g/mol. The Balaban J connectivity index is 2.38. The summed E-state index contributed by atoms with van der Waals surface area (Å²) in [6.45, 7) is 0.202. The topological polar surface area (TPSA) is 67.8 Å². The summed E-state index contributed by atoms with van der Waals surface area (Å²) in [6.07, 6.45) is 1.07. The molecule has 0 unspecified atom stereocenters. The lowest BCUT2D eigenvalue weighted by Crippen LogP contribution is -2.35. The summed E-state index contributed by atoms with van der Waals surface area (Å²) in [7, 11) is 0. The van der Waals surface area contributed by atoms with E-state index in [1.54, 1.807) is 24.3 Å². The molecule has 0 spiro atoms. The number of halogens is 1. The van der Waals surface area contributed by atoms with Gasteiger partial charge in [-0.1, -0.05) is 23.7 Å². The van der Waals surface area contributed by atoms with Gasteiger partial charge in [-0.05, 0) is 17.7 Å². The van der Waals surface area contributed by atoms with Crippen molar-refractivity contribution in [2.75, 3.05) is 0 Å². The number of hydrogen-bond acceptors (Lipinski definition) is 3. The Hall–Kier alpha value is -1.88. The van der Waals surface area contributed by atoms with Crippen molar-refractivity contribution in [3.05, 3.63) is 61.9 Å². The summed E-state index contributed by atoms with van der Waals surface area (Å²) in [4.78, 5) is 22.7. The number of nitrogens with zero attached hydrogens (tertiary/aromatic N) is 2. The van der Waals surface area contributed by atoms with Gasteiger partial charge in [0.15, 0.2) is 0 Å². The van der Waals surface area contributed by atoms with E-state index in [0.29, 0.717) is 5.02 Å². The molecule has 0 aliphatic rings. The van der Waals surface area contributed by atoms with E-state index in [0.717, 1.165) is 16.3 Å². The van der Waals surface area contributed by atoms with Gasteiger partial charge in [-0.3, -0.25) is 9.36 Å². The SMILES string of the molecule is O=c1cn[nH]c(=O)n1Cc1ccc(Cl)cc1. The van der Waals surface area contributed by atoms with Crippen LogP contribution in [0.4, 0.5) is 0 Å². The molecule has 2 rings (SSSR count). The molecule has 0 atom stereocenters. The van der Waals surface area contributed by atoms with E-state index in [1.807, 2.05) is 0 Å². The Kier molecular flexibility index (Phi) is 2.87. The first-order chi connectivity index (χ1) is 7.66. The number of H-pyrrole nitrogens is 1. The van der Waals surface area contributed by atoms with Crippen LogP contribution in [0.3, 0.4) is 0 Å². The second-order valence-electron chi connectivity index (χ2n) is 3.23. The summed E-state index contributed by atoms with van der Waals surface area (Å²) in [5, 5.41) is 6.22. The molecule has 5 nitrogen and oxygen atoms in total. The van der Waals surface area contributed by atoms with Crippen LogP contribution in [-0.2, 0) is 6.54 Å². The quantitative estimate of drug-likeness (QED) is 0.833. The summed E-state index contributed by atoms with van der Waals surface area (Å²) < 4.78 is 1.07. The first-order valence-electron chi connectivity index (χ1n) is 4.56. The third kappa shape index (κ3) is 2.20. The van der Waals surface area contributed by atoms with E-state index >= 15 is 0 Å². The first-order valence-corrected chi connectivity index (χ1v) is 4.93. The highest BCUT2D eigenvalue weighted by Gasteiger charge is 2.01. The Morgan fingerprint density at radius 1 is 1.25 bits per heavy atom. The largest absolute Gasteiger partial charge is 0.345 e. The molecule has 2 aromatic rings. The average Bonchev–Trinajstić information content (AvgIpc) is 2.26. The Labute approximate surface area is 95.3 Å². The fourth-order valence-electron chi connectivity index (χ4n) is 1.29. The lowest BCUT2D eigenvalue weighted by Gasteiger charge is -2.03. The Morgan fingerprint density at radius 2 is 1.94 bits per heavy atom. The third-order valence-electron chi connectivity index (χ3n) is 2.10. The normalized spacial score (nSPS) is 10.3. The molecule has 0 saturated carbocycles. The minimum atomic E-state index is -0.526. The van der Waals surface area contributed by atoms with Crippen LogP contribution in [0.5, 0.6) is 0 Å². The zero-order valence-electron chi connectivity index (χ0n) is 8.18. The monoisotopic (exact) mass is 237 g/mol. The zero-order chi connectivity index (χ0) is 11.5. The van der Waals surface area contributed by atoms with Crippen LogP contribution >= 0.6 is 11.6 Å². The van der Waals surface area contributed by atoms with Crippen LogP contribution in [0.25, 0.3) is 0 Å². The summed E-state index contributed by atoms with van der Waals surface area (Å²) >= 11 is 5.73. The van der Waals surface area contributed by atoms with Gasteiger partial charge < -0.3 is 0 Å². The van der Waals surface area contributed by atoms with Gasteiger partial charge in [0.1, 0.15) is 6.20 Å². The molecule has 1 heterocycles. The number of aromatic nitrogens is 3. The van der Waals surface area contributed by atoms with E-state index in [2.05, 4.69) is 10.2 Å². The van der Waals surface area contributed by atoms with E-state index in [1.165, 1.54) is 0 Å². The van der Waals surface area contributed by atoms with Gasteiger partial charge in [-0.15, -0.1) is 0 Å². The first kappa shape index (κ1) is 10.6. The molecule has 16 heavy (non-hydrogen) atoms. The predicted octanol–water partition coefficient (Wildman–Crippen LogP) is 0.633. The molecule has 0 radical (unpaired) electrons. The highest BCUT2D eigenvalue weighted by Crippen LogP contribution is 2.09. The Morgan fingerprint density at radius 3 is 2.56 bits per heavy atom. The van der Waals surface area contributed by atoms with Crippen molar-refractivity contribution in [1.29, 1.82) is 0 Å². The molecule has 0 fully saturated rings. The second-order valence-corrected chi connectivity index (χ2v) is 3.66. The maximum Gasteiger partial charge on any atom is 0.345 e. The molecule has 0 amide bonds. The van der Waals surface area contributed by atoms with Crippen molar-refractivity contribution in [3.63, 3.8) is 0 Å². The highest BCUT2D eigenvalue weighted by molar-refractivity contribution is 6.30. The minimum Gasteiger partial charge on any atom is -0.267 e. The molecule has 1 aromatic heterocycles. The lowest BCUT2D eigenvalue weighted by molar-refractivity contribution is 0.667. The maximum absolute atomic E-state index is 11.4. The van der Waals surface area contributed by atoms with Gasteiger partial charge in [0.05, 0.1) is 6.54 Å². The van der Waals surface area contributed by atoms with Crippen molar-refractivity contribution < 1.29 is 0 Å². The van der Waals surface area contributed by atoms with Gasteiger partial charge >= 0.3 is 5.69 Å². The number of hydrogen-bond donors (Lipinski definition) is 1. The fraction of sp³-hybridized carbons (Fsp3) is 0.100. The molecule has 1 N–H and O–H groups in total. The van der Waals surface area contributed by atoms with Gasteiger partial charge in [-0.25, -0.2) is 9.89 Å². The van der Waals surface area contributed by atoms with Crippen molar-refractivity contribution in [1.82, 2.24) is 14.8 Å². The van der Waals surface area contributed by atoms with Crippen LogP contribution in [-0.4, -0.2) is 14.8 Å². The van der Waals surface area contributed by atoms with Gasteiger partial charge in [0.25, 0.3) is 5.56 Å². The minimum absolute atomic E-state index is 0.202. The summed E-state index contributed by atoms with van der Waals surface area (Å²) in [5.41, 5.74) is -0.135. The molecule has 0 aliphatic carbocycles. The van der Waals surface area contributed by atoms with Gasteiger partial charge in [-0.2, -0.15) is 5.10 Å². The second kappa shape index (κ2) is 4.32. The third-order valence-corrected chi connectivity index (χ3v) is 2.35. The molecule has 82 valence electrons. The average molecular weight is 238 g/mol. The van der Waals surface area contributed by atoms with Crippen LogP contribution < -0.4 is 11.2 Å². The number of rotatable bonds is 2. The molecule has 0 bridgehead atoms. The van der Waals surface area contributed by atoms with E-state index in [-0.39, 0.29) is 6.54 Å². The van der Waals surface area contributed by atoms with Crippen molar-refractivity contribution >= 4 is 11.6 Å². The predicted molar refractivity (Wildman–Crippen MR) is 59.7 cm³/mol. The fourth-order valence-corrected chi connectivity index (χ4v) is 1.42. The molecule has 1 aromatic carbocycles. The molecule has 6 heteroatoms. The van der Waals surface area contributed by atoms with Crippen molar-refractivity contribution in [2.24, 2.45) is 0 Å². The van der Waals surface area contributed by atoms with E-state index < -0.39 is 11.2 Å². The van der Waals surface area contributed by atoms with Crippen LogP contribution in [0, 0.1) is 0 Å². The van der Waals surface area contributed by atoms with E-state index in [4.69, 9.17) is 11.6 Å². The summed E-state index contributed by atoms with van der Waals surface area (Å²) in [5.74, 6) is 0. The van der Waals surface area contributed by atoms with Gasteiger partial charge in [0, 0.05) is 5.02 Å². The number of benzene rings is 1. The molecule has 0 saturated heterocycles. The van der Waals surface area contributed by atoms with Gasteiger partial charge in [0.2, 0.25) is 0 Å². The van der Waals surface area contributed by atoms with Crippen LogP contribution in [0.15, 0.2) is 40.1 Å². The number of nitrogens with one attached hydrogen (secondary N) is 1. The summed E-state index contributed by atoms with van der Waals surface area (Å²) in [6, 6.07) is 6.93. The zero-order valence-corrected chi connectivity index (χ0v) is 8.94. The maximum atomic E-state index is 11.4. The Bertz CT molecular complexity index is 572. The van der Waals surface area contributed by atoms with Crippen LogP contribution in [0.1, 0.15) is 5.56 Å². The smallest absolute Gasteiger partial charge is 0.267 e. The van der Waals surface area contributed by atoms with Crippen molar-refractivity contribution in [3.8, 4) is 0 Å². The standard InChI is InChI=1S/C10H8ClN3O2/c11-8-3-1-7(2-4-8)6-14-9(15)5-12-13-10(14)16/h1-5H,6H2,(H,13,16). The number of aromatic amines is 1. The molecule has 0 aliphatic heterocycles. The van der Waals surface area contributed by atoms with Crippen LogP contribution in [0.2, 0.25) is 5.02 Å².